The first-order chi connectivity index (χ1) is 8.44. The Morgan fingerprint density at radius 1 is 1.00 bits per heavy atom. The average Bonchev–Trinajstić information content (AvgIpc) is 2.41. The highest BCUT2D eigenvalue weighted by Gasteiger charge is 2.38. The SMILES string of the molecule is COC(=O)C(C(=O)CN)N(C(=O)CN)C(=O)CN. The van der Waals surface area contributed by atoms with E-state index in [0.717, 1.165) is 7.11 Å². The lowest BCUT2D eigenvalue weighted by Crippen LogP contribution is -2.57. The van der Waals surface area contributed by atoms with E-state index in [4.69, 9.17) is 17.2 Å². The lowest BCUT2D eigenvalue weighted by molar-refractivity contribution is -0.162. The van der Waals surface area contributed by atoms with Gasteiger partial charge >= 0.3 is 5.97 Å². The Balaban J connectivity index is 5.47. The summed E-state index contributed by atoms with van der Waals surface area (Å²) in [5, 5.41) is 0. The maximum absolute atomic E-state index is 11.5. The molecule has 0 fully saturated rings. The van der Waals surface area contributed by atoms with Crippen molar-refractivity contribution in [1.82, 2.24) is 4.90 Å². The maximum atomic E-state index is 11.5. The van der Waals surface area contributed by atoms with Crippen LogP contribution in [0.1, 0.15) is 0 Å². The van der Waals surface area contributed by atoms with Crippen LogP contribution in [-0.2, 0) is 23.9 Å². The monoisotopic (exact) mass is 260 g/mol. The number of carbonyl (C=O) groups excluding carboxylic acids is 4. The number of ether oxygens (including phenoxy) is 1. The van der Waals surface area contributed by atoms with Crippen molar-refractivity contribution in [2.75, 3.05) is 26.7 Å². The first-order valence-corrected chi connectivity index (χ1v) is 5.00. The van der Waals surface area contributed by atoms with Crippen LogP contribution in [0.5, 0.6) is 0 Å². The number of hydrogen-bond donors (Lipinski definition) is 3. The van der Waals surface area contributed by atoms with Gasteiger partial charge in [-0.25, -0.2) is 4.79 Å². The Labute approximate surface area is 103 Å². The average molecular weight is 260 g/mol. The molecule has 0 spiro atoms. The fourth-order valence-electron chi connectivity index (χ4n) is 1.23. The minimum absolute atomic E-state index is 0.390. The smallest absolute Gasteiger partial charge is 0.336 e. The van der Waals surface area contributed by atoms with E-state index in [-0.39, 0.29) is 0 Å². The van der Waals surface area contributed by atoms with E-state index in [2.05, 4.69) is 4.74 Å². The van der Waals surface area contributed by atoms with Crippen LogP contribution < -0.4 is 17.2 Å². The highest BCUT2D eigenvalue weighted by molar-refractivity contribution is 6.12. The van der Waals surface area contributed by atoms with E-state index in [1.807, 2.05) is 0 Å². The summed E-state index contributed by atoms with van der Waals surface area (Å²) in [6.45, 7) is -1.65. The zero-order valence-electron chi connectivity index (χ0n) is 9.92. The standard InChI is InChI=1S/C9H16N4O5/c1-18-9(17)8(5(14)2-10)13(6(15)3-11)7(16)4-12/h8H,2-4,10-12H2,1H3. The van der Waals surface area contributed by atoms with E-state index in [1.54, 1.807) is 0 Å². The van der Waals surface area contributed by atoms with Crippen LogP contribution in [-0.4, -0.2) is 61.3 Å². The van der Waals surface area contributed by atoms with Crippen LogP contribution in [0.15, 0.2) is 0 Å². The summed E-state index contributed by atoms with van der Waals surface area (Å²) < 4.78 is 4.36. The molecule has 0 rings (SSSR count). The van der Waals surface area contributed by atoms with Crippen molar-refractivity contribution in [2.24, 2.45) is 17.2 Å². The molecule has 6 N–H and O–H groups in total. The Kier molecular flexibility index (Phi) is 6.71. The van der Waals surface area contributed by atoms with Crippen LogP contribution in [0.3, 0.4) is 0 Å². The van der Waals surface area contributed by atoms with Crippen molar-refractivity contribution in [3.63, 3.8) is 0 Å². The molecule has 0 aromatic rings. The third-order valence-corrected chi connectivity index (χ3v) is 2.08. The fourth-order valence-corrected chi connectivity index (χ4v) is 1.23. The Bertz CT molecular complexity index is 291. The molecule has 0 saturated carbocycles. The van der Waals surface area contributed by atoms with Gasteiger partial charge in [-0.3, -0.25) is 19.3 Å². The van der Waals surface area contributed by atoms with Gasteiger partial charge < -0.3 is 21.9 Å². The molecule has 102 valence electrons. The highest BCUT2D eigenvalue weighted by Crippen LogP contribution is 2.05. The van der Waals surface area contributed by atoms with Crippen molar-refractivity contribution >= 4 is 23.6 Å². The Morgan fingerprint density at radius 3 is 1.72 bits per heavy atom. The van der Waals surface area contributed by atoms with Crippen molar-refractivity contribution in [1.29, 1.82) is 0 Å². The van der Waals surface area contributed by atoms with E-state index in [1.165, 1.54) is 0 Å². The quantitative estimate of drug-likeness (QED) is 0.325. The predicted octanol–water partition coefficient (Wildman–Crippen LogP) is -3.67. The van der Waals surface area contributed by atoms with Crippen molar-refractivity contribution in [3.8, 4) is 0 Å². The van der Waals surface area contributed by atoms with Gasteiger partial charge in [-0.2, -0.15) is 0 Å². The maximum Gasteiger partial charge on any atom is 0.336 e. The lowest BCUT2D eigenvalue weighted by atomic mass is 10.1. The van der Waals surface area contributed by atoms with Gasteiger partial charge in [-0.15, -0.1) is 0 Å². The van der Waals surface area contributed by atoms with Crippen LogP contribution in [0.25, 0.3) is 0 Å². The van der Waals surface area contributed by atoms with Gasteiger partial charge in [0.15, 0.2) is 11.8 Å². The summed E-state index contributed by atoms with van der Waals surface area (Å²) in [6.07, 6.45) is 0. The van der Waals surface area contributed by atoms with Crippen molar-refractivity contribution in [2.45, 2.75) is 6.04 Å². The molecule has 0 aliphatic rings. The van der Waals surface area contributed by atoms with Gasteiger partial charge in [0.2, 0.25) is 11.8 Å². The van der Waals surface area contributed by atoms with Crippen molar-refractivity contribution in [3.05, 3.63) is 0 Å². The number of Topliss-reactive ketones (excluding diaryl/α,β-unsaturated/α-hetero) is 1. The molecule has 1 unspecified atom stereocenters. The first kappa shape index (κ1) is 16.2. The molecule has 0 bridgehead atoms. The minimum Gasteiger partial charge on any atom is -0.467 e. The number of nitrogens with zero attached hydrogens (tertiary/aromatic N) is 1. The summed E-state index contributed by atoms with van der Waals surface area (Å²) in [7, 11) is 1.01. The molecule has 0 saturated heterocycles. The molecule has 0 heterocycles. The van der Waals surface area contributed by atoms with Gasteiger partial charge in [0, 0.05) is 0 Å². The van der Waals surface area contributed by atoms with Gasteiger partial charge in [0.1, 0.15) is 0 Å². The summed E-state index contributed by atoms with van der Waals surface area (Å²) in [5.41, 5.74) is 15.3. The largest absolute Gasteiger partial charge is 0.467 e. The molecule has 2 amide bonds. The van der Waals surface area contributed by atoms with Crippen LogP contribution in [0, 0.1) is 0 Å². The second-order valence-electron chi connectivity index (χ2n) is 3.16. The number of imide groups is 1. The molecule has 0 aromatic carbocycles. The summed E-state index contributed by atoms with van der Waals surface area (Å²) in [5.74, 6) is -3.75. The Hall–Kier alpha value is -1.84. The first-order valence-electron chi connectivity index (χ1n) is 5.00. The molecule has 0 radical (unpaired) electrons. The molecule has 9 heteroatoms. The van der Waals surface area contributed by atoms with Gasteiger partial charge in [-0.05, 0) is 0 Å². The van der Waals surface area contributed by atoms with Gasteiger partial charge in [0.05, 0.1) is 26.7 Å². The second kappa shape index (κ2) is 7.48. The van der Waals surface area contributed by atoms with Gasteiger partial charge in [0.25, 0.3) is 0 Å². The predicted molar refractivity (Wildman–Crippen MR) is 59.8 cm³/mol. The van der Waals surface area contributed by atoms with E-state index in [9.17, 15) is 19.2 Å². The zero-order valence-corrected chi connectivity index (χ0v) is 9.92. The fraction of sp³-hybridized carbons (Fsp3) is 0.556. The van der Waals surface area contributed by atoms with Crippen molar-refractivity contribution < 1.29 is 23.9 Å². The van der Waals surface area contributed by atoms with Crippen LogP contribution in [0.2, 0.25) is 0 Å². The lowest BCUT2D eigenvalue weighted by Gasteiger charge is -2.26. The molecule has 0 aromatic heterocycles. The topological polar surface area (TPSA) is 159 Å². The second-order valence-corrected chi connectivity index (χ2v) is 3.16. The molecular formula is C9H16N4O5. The number of ketones is 1. The molecule has 9 nitrogen and oxygen atoms in total. The normalized spacial score (nSPS) is 11.6. The number of amides is 2. The van der Waals surface area contributed by atoms with E-state index < -0.39 is 49.2 Å². The number of esters is 1. The third kappa shape index (κ3) is 3.58. The number of nitrogens with two attached hydrogens (primary N) is 3. The number of methoxy groups -OCH3 is 1. The van der Waals surface area contributed by atoms with E-state index in [0.29, 0.717) is 4.90 Å². The molecule has 18 heavy (non-hydrogen) atoms. The highest BCUT2D eigenvalue weighted by atomic mass is 16.5. The molecule has 0 aliphatic heterocycles. The summed E-state index contributed by atoms with van der Waals surface area (Å²) in [6, 6.07) is -1.74. The van der Waals surface area contributed by atoms with E-state index >= 15 is 0 Å². The number of carbonyl (C=O) groups is 4. The molecular weight excluding hydrogens is 244 g/mol. The zero-order chi connectivity index (χ0) is 14.3. The Morgan fingerprint density at radius 2 is 1.44 bits per heavy atom. The summed E-state index contributed by atoms with van der Waals surface area (Å²) >= 11 is 0. The molecule has 1 atom stereocenters. The third-order valence-electron chi connectivity index (χ3n) is 2.08. The van der Waals surface area contributed by atoms with Crippen LogP contribution >= 0.6 is 0 Å². The summed E-state index contributed by atoms with van der Waals surface area (Å²) in [4.78, 5) is 46.4. The number of rotatable bonds is 6. The number of hydrogen-bond acceptors (Lipinski definition) is 8. The van der Waals surface area contributed by atoms with Crippen LogP contribution in [0.4, 0.5) is 0 Å². The molecule has 0 aliphatic carbocycles. The minimum atomic E-state index is -1.74. The van der Waals surface area contributed by atoms with Gasteiger partial charge in [-0.1, -0.05) is 0 Å².